The molecule has 0 bridgehead atoms. The van der Waals surface area contributed by atoms with E-state index in [2.05, 4.69) is 20.0 Å². The molecule has 9 heteroatoms. The maximum Gasteiger partial charge on any atom is 0.307 e. The molecule has 0 aromatic carbocycles. The van der Waals surface area contributed by atoms with Crippen LogP contribution in [0.1, 0.15) is 29.6 Å². The van der Waals surface area contributed by atoms with Gasteiger partial charge in [-0.2, -0.15) is 0 Å². The Kier molecular flexibility index (Phi) is 6.60. The molecule has 0 aliphatic carbocycles. The van der Waals surface area contributed by atoms with Gasteiger partial charge in [-0.15, -0.1) is 23.1 Å². The van der Waals surface area contributed by atoms with Gasteiger partial charge in [-0.05, 0) is 26.3 Å². The highest BCUT2D eigenvalue weighted by Gasteiger charge is 2.16. The molecule has 1 amide bonds. The number of carbonyl (C=O) groups excluding carboxylic acids is 2. The first-order valence-electron chi connectivity index (χ1n) is 7.78. The van der Waals surface area contributed by atoms with E-state index >= 15 is 0 Å². The summed E-state index contributed by atoms with van der Waals surface area (Å²) in [6, 6.07) is 0. The van der Waals surface area contributed by atoms with Crippen molar-refractivity contribution < 1.29 is 14.3 Å². The number of aromatic nitrogens is 2. The van der Waals surface area contributed by atoms with E-state index < -0.39 is 0 Å². The third-order valence-corrected chi connectivity index (χ3v) is 6.04. The summed E-state index contributed by atoms with van der Waals surface area (Å²) >= 11 is 2.87. The first-order valence-corrected chi connectivity index (χ1v) is 9.65. The van der Waals surface area contributed by atoms with Crippen molar-refractivity contribution in [3.05, 3.63) is 26.6 Å². The molecule has 0 aliphatic heterocycles. The number of hydrogen-bond acceptors (Lipinski definition) is 7. The smallest absolute Gasteiger partial charge is 0.307 e. The molecule has 0 saturated heterocycles. The zero-order valence-electron chi connectivity index (χ0n) is 14.6. The molecule has 2 heterocycles. The standard InChI is InChI=1S/C16H21N3O4S2/c1-8-9(2)25-16-13(8)15(22)18-11(19-16)7-24-10(3)14(21)17-6-5-12(20)23-4/h10H,5-7H2,1-4H3,(H,17,21)(H,18,19,22). The molecule has 25 heavy (non-hydrogen) atoms. The number of ether oxygens (including phenoxy) is 1. The SMILES string of the molecule is COC(=O)CCNC(=O)C(C)SCc1nc2sc(C)c(C)c2c(=O)[nH]1. The van der Waals surface area contributed by atoms with Crippen LogP contribution in [0, 0.1) is 13.8 Å². The first-order chi connectivity index (χ1) is 11.8. The van der Waals surface area contributed by atoms with E-state index in [4.69, 9.17) is 0 Å². The van der Waals surface area contributed by atoms with E-state index in [0.29, 0.717) is 17.0 Å². The fourth-order valence-corrected chi connectivity index (χ4v) is 4.01. The lowest BCUT2D eigenvalue weighted by molar-refractivity contribution is -0.140. The lowest BCUT2D eigenvalue weighted by atomic mass is 10.2. The Morgan fingerprint density at radius 1 is 1.40 bits per heavy atom. The quantitative estimate of drug-likeness (QED) is 0.708. The van der Waals surface area contributed by atoms with Crippen LogP contribution in [0.2, 0.25) is 0 Å². The van der Waals surface area contributed by atoms with Crippen LogP contribution < -0.4 is 10.9 Å². The summed E-state index contributed by atoms with van der Waals surface area (Å²) in [5.41, 5.74) is 0.823. The molecule has 2 N–H and O–H groups in total. The highest BCUT2D eigenvalue weighted by molar-refractivity contribution is 7.99. The number of methoxy groups -OCH3 is 1. The number of fused-ring (bicyclic) bond motifs is 1. The predicted molar refractivity (Wildman–Crippen MR) is 100 cm³/mol. The van der Waals surface area contributed by atoms with Gasteiger partial charge in [-0.1, -0.05) is 0 Å². The minimum absolute atomic E-state index is 0.141. The zero-order chi connectivity index (χ0) is 18.6. The van der Waals surface area contributed by atoms with Gasteiger partial charge in [0.05, 0.1) is 29.9 Å². The lowest BCUT2D eigenvalue weighted by Gasteiger charge is -2.11. The van der Waals surface area contributed by atoms with Crippen LogP contribution in [-0.2, 0) is 20.1 Å². The average Bonchev–Trinajstić information content (AvgIpc) is 2.86. The number of hydrogen-bond donors (Lipinski definition) is 2. The number of aryl methyl sites for hydroxylation is 2. The number of nitrogens with zero attached hydrogens (tertiary/aromatic N) is 1. The van der Waals surface area contributed by atoms with Crippen molar-refractivity contribution in [2.45, 2.75) is 38.2 Å². The van der Waals surface area contributed by atoms with Crippen molar-refractivity contribution in [1.29, 1.82) is 0 Å². The summed E-state index contributed by atoms with van der Waals surface area (Å²) in [7, 11) is 1.31. The summed E-state index contributed by atoms with van der Waals surface area (Å²) in [4.78, 5) is 44.3. The van der Waals surface area contributed by atoms with Gasteiger partial charge in [0, 0.05) is 11.4 Å². The van der Waals surface area contributed by atoms with Gasteiger partial charge < -0.3 is 15.0 Å². The Bertz CT molecular complexity index is 844. The fraction of sp³-hybridized carbons (Fsp3) is 0.500. The van der Waals surface area contributed by atoms with Gasteiger partial charge in [-0.25, -0.2) is 4.98 Å². The van der Waals surface area contributed by atoms with Gasteiger partial charge >= 0.3 is 5.97 Å². The molecule has 1 atom stereocenters. The molecule has 136 valence electrons. The van der Waals surface area contributed by atoms with Crippen molar-refractivity contribution >= 4 is 45.2 Å². The number of esters is 1. The number of thioether (sulfide) groups is 1. The molecule has 0 radical (unpaired) electrons. The van der Waals surface area contributed by atoms with Crippen molar-refractivity contribution in [2.75, 3.05) is 13.7 Å². The fourth-order valence-electron chi connectivity index (χ4n) is 2.18. The molecule has 7 nitrogen and oxygen atoms in total. The van der Waals surface area contributed by atoms with E-state index in [0.717, 1.165) is 15.3 Å². The molecular formula is C16H21N3O4S2. The second-order valence-electron chi connectivity index (χ2n) is 5.55. The Hall–Kier alpha value is -1.87. The first kappa shape index (κ1) is 19.5. The molecular weight excluding hydrogens is 362 g/mol. The number of H-pyrrole nitrogens is 1. The Labute approximate surface area is 153 Å². The minimum Gasteiger partial charge on any atom is -0.469 e. The van der Waals surface area contributed by atoms with Crippen LogP contribution in [0.5, 0.6) is 0 Å². The van der Waals surface area contributed by atoms with Gasteiger partial charge in [-0.3, -0.25) is 14.4 Å². The minimum atomic E-state index is -0.364. The maximum atomic E-state index is 12.2. The molecule has 0 fully saturated rings. The molecule has 2 aromatic heterocycles. The van der Waals surface area contributed by atoms with Crippen molar-refractivity contribution in [2.24, 2.45) is 0 Å². The topological polar surface area (TPSA) is 101 Å². The van der Waals surface area contributed by atoms with Crippen LogP contribution in [-0.4, -0.2) is 40.7 Å². The van der Waals surface area contributed by atoms with Gasteiger partial charge in [0.2, 0.25) is 5.91 Å². The van der Waals surface area contributed by atoms with Crippen LogP contribution in [0.3, 0.4) is 0 Å². The van der Waals surface area contributed by atoms with E-state index in [1.807, 2.05) is 13.8 Å². The van der Waals surface area contributed by atoms with E-state index in [1.54, 1.807) is 6.92 Å². The second-order valence-corrected chi connectivity index (χ2v) is 8.08. The summed E-state index contributed by atoms with van der Waals surface area (Å²) < 4.78 is 4.52. The highest BCUT2D eigenvalue weighted by atomic mass is 32.2. The number of nitrogens with one attached hydrogen (secondary N) is 2. The third-order valence-electron chi connectivity index (χ3n) is 3.78. The number of rotatable bonds is 7. The Balaban J connectivity index is 1.94. The second kappa shape index (κ2) is 8.48. The van der Waals surface area contributed by atoms with Crippen molar-refractivity contribution in [3.63, 3.8) is 0 Å². The molecule has 0 aliphatic rings. The Morgan fingerprint density at radius 2 is 2.12 bits per heavy atom. The summed E-state index contributed by atoms with van der Waals surface area (Å²) in [5.74, 6) is 0.447. The van der Waals surface area contributed by atoms with Crippen LogP contribution in [0.15, 0.2) is 4.79 Å². The summed E-state index contributed by atoms with van der Waals surface area (Å²) in [6.07, 6.45) is 0.141. The third kappa shape index (κ3) is 4.82. The maximum absolute atomic E-state index is 12.2. The molecule has 0 spiro atoms. The number of thiophene rings is 1. The molecule has 0 saturated carbocycles. The van der Waals surface area contributed by atoms with Crippen LogP contribution >= 0.6 is 23.1 Å². The molecule has 1 unspecified atom stereocenters. The highest BCUT2D eigenvalue weighted by Crippen LogP contribution is 2.26. The summed E-state index contributed by atoms with van der Waals surface area (Å²) in [5, 5.41) is 3.00. The van der Waals surface area contributed by atoms with Crippen LogP contribution in [0.4, 0.5) is 0 Å². The zero-order valence-corrected chi connectivity index (χ0v) is 16.2. The van der Waals surface area contributed by atoms with Gasteiger partial charge in [0.25, 0.3) is 5.56 Å². The largest absolute Gasteiger partial charge is 0.469 e. The summed E-state index contributed by atoms with van der Waals surface area (Å²) in [6.45, 7) is 5.90. The van der Waals surface area contributed by atoms with E-state index in [-0.39, 0.29) is 35.7 Å². The van der Waals surface area contributed by atoms with Gasteiger partial charge in [0.1, 0.15) is 10.7 Å². The number of carbonyl (C=O) groups is 2. The Morgan fingerprint density at radius 3 is 2.80 bits per heavy atom. The average molecular weight is 383 g/mol. The van der Waals surface area contributed by atoms with E-state index in [1.165, 1.54) is 30.2 Å². The molecule has 2 rings (SSSR count). The van der Waals surface area contributed by atoms with Crippen molar-refractivity contribution in [1.82, 2.24) is 15.3 Å². The van der Waals surface area contributed by atoms with E-state index in [9.17, 15) is 14.4 Å². The monoisotopic (exact) mass is 383 g/mol. The predicted octanol–water partition coefficient (Wildman–Crippen LogP) is 1.90. The normalized spacial score (nSPS) is 12.2. The van der Waals surface area contributed by atoms with Crippen LogP contribution in [0.25, 0.3) is 10.2 Å². The van der Waals surface area contributed by atoms with Crippen molar-refractivity contribution in [3.8, 4) is 0 Å². The number of amides is 1. The number of aromatic amines is 1. The van der Waals surface area contributed by atoms with Gasteiger partial charge in [0.15, 0.2) is 0 Å². The lowest BCUT2D eigenvalue weighted by Crippen LogP contribution is -2.32. The molecule has 2 aromatic rings.